The number of likely N-dealkylation sites (tertiary alicyclic amines) is 1. The van der Waals surface area contributed by atoms with Gasteiger partial charge in [-0.05, 0) is 49.3 Å². The van der Waals surface area contributed by atoms with Crippen molar-refractivity contribution in [1.82, 2.24) is 25.5 Å². The number of anilines is 2. The number of halogens is 1. The lowest BCUT2D eigenvalue weighted by Gasteiger charge is -2.32. The van der Waals surface area contributed by atoms with Crippen LogP contribution in [0.25, 0.3) is 5.57 Å². The zero-order valence-electron chi connectivity index (χ0n) is 24.0. The van der Waals surface area contributed by atoms with E-state index in [1.807, 2.05) is 7.05 Å². The van der Waals surface area contributed by atoms with Gasteiger partial charge in [0.2, 0.25) is 5.95 Å². The van der Waals surface area contributed by atoms with Crippen LogP contribution in [0.3, 0.4) is 0 Å². The van der Waals surface area contributed by atoms with E-state index in [1.54, 1.807) is 32.5 Å². The third-order valence-corrected chi connectivity index (χ3v) is 7.79. The number of hydrogen-bond acceptors (Lipinski definition) is 9. The normalized spacial score (nSPS) is 17.4. The lowest BCUT2D eigenvalue weighted by Crippen LogP contribution is -2.45. The molecule has 1 aliphatic carbocycles. The predicted octanol–water partition coefficient (Wildman–Crippen LogP) is 4.28. The summed E-state index contributed by atoms with van der Waals surface area (Å²) < 4.78 is 10.8. The standard InChI is InChI=1S/C29H40ClN7O3/c1-17(2)26(32-3)25-22(31)7-6-18-16-33-29(36-27(18)25)35-23-15-21(30)20(14-24(23)40-5)28(38)34-19-8-10-37(11-9-19)12-13-39-4/h14-17,19,31-32H,6-13H2,1-5H3,(H,34,38)(H,33,35,36)/b26-25+,31-22?. The molecule has 1 aromatic carbocycles. The number of aromatic nitrogens is 2. The van der Waals surface area contributed by atoms with Gasteiger partial charge in [-0.2, -0.15) is 0 Å². The molecule has 1 amide bonds. The number of rotatable bonds is 10. The molecule has 10 nitrogen and oxygen atoms in total. The number of carbonyl (C=O) groups excluding carboxylic acids is 1. The number of methoxy groups -OCH3 is 2. The van der Waals surface area contributed by atoms with E-state index in [0.29, 0.717) is 46.7 Å². The lowest BCUT2D eigenvalue weighted by molar-refractivity contribution is 0.0892. The van der Waals surface area contributed by atoms with Gasteiger partial charge in [-0.3, -0.25) is 4.79 Å². The first kappa shape index (κ1) is 29.8. The fourth-order valence-electron chi connectivity index (χ4n) is 5.29. The summed E-state index contributed by atoms with van der Waals surface area (Å²) in [6.45, 7) is 7.63. The summed E-state index contributed by atoms with van der Waals surface area (Å²) in [7, 11) is 5.13. The number of allylic oxidation sites excluding steroid dienone is 2. The Labute approximate surface area is 241 Å². The van der Waals surface area contributed by atoms with Crippen molar-refractivity contribution < 1.29 is 14.3 Å². The molecule has 40 heavy (non-hydrogen) atoms. The number of benzene rings is 1. The number of piperidine rings is 1. The molecule has 0 atom stereocenters. The topological polar surface area (TPSA) is 124 Å². The highest BCUT2D eigenvalue weighted by atomic mass is 35.5. The Morgan fingerprint density at radius 1 is 1.23 bits per heavy atom. The summed E-state index contributed by atoms with van der Waals surface area (Å²) >= 11 is 6.61. The van der Waals surface area contributed by atoms with E-state index in [9.17, 15) is 4.79 Å². The van der Waals surface area contributed by atoms with Gasteiger partial charge in [0.25, 0.3) is 5.91 Å². The van der Waals surface area contributed by atoms with Crippen molar-refractivity contribution in [1.29, 1.82) is 5.41 Å². The minimum atomic E-state index is -0.225. The third kappa shape index (κ3) is 6.74. The maximum Gasteiger partial charge on any atom is 0.253 e. The summed E-state index contributed by atoms with van der Waals surface area (Å²) in [5.41, 5.74) is 5.02. The first-order valence-electron chi connectivity index (χ1n) is 13.8. The number of aryl methyl sites for hydroxylation is 1. The van der Waals surface area contributed by atoms with Crippen molar-refractivity contribution in [2.24, 2.45) is 5.92 Å². The van der Waals surface area contributed by atoms with Crippen LogP contribution < -0.4 is 20.7 Å². The summed E-state index contributed by atoms with van der Waals surface area (Å²) in [5.74, 6) is 0.791. The van der Waals surface area contributed by atoms with E-state index >= 15 is 0 Å². The predicted molar refractivity (Wildman–Crippen MR) is 159 cm³/mol. The molecular formula is C29H40ClN7O3. The number of hydrogen-bond donors (Lipinski definition) is 4. The van der Waals surface area contributed by atoms with E-state index in [-0.39, 0.29) is 17.9 Å². The molecule has 2 aromatic rings. The van der Waals surface area contributed by atoms with Crippen LogP contribution in [-0.4, -0.2) is 80.0 Å². The van der Waals surface area contributed by atoms with Crippen molar-refractivity contribution in [3.8, 4) is 5.75 Å². The van der Waals surface area contributed by atoms with Crippen molar-refractivity contribution in [2.75, 3.05) is 52.8 Å². The van der Waals surface area contributed by atoms with Gasteiger partial charge in [0.05, 0.1) is 35.7 Å². The van der Waals surface area contributed by atoms with Gasteiger partial charge in [0.1, 0.15) is 5.75 Å². The van der Waals surface area contributed by atoms with Gasteiger partial charge < -0.3 is 35.7 Å². The molecule has 1 saturated heterocycles. The molecule has 4 rings (SSSR count). The average Bonchev–Trinajstić information content (AvgIpc) is 2.94. The molecule has 4 N–H and O–H groups in total. The van der Waals surface area contributed by atoms with Gasteiger partial charge in [0.15, 0.2) is 0 Å². The van der Waals surface area contributed by atoms with Crippen LogP contribution in [0.2, 0.25) is 5.02 Å². The number of fused-ring (bicyclic) bond motifs is 1. The molecule has 2 aliphatic rings. The molecular weight excluding hydrogens is 530 g/mol. The van der Waals surface area contributed by atoms with Crippen molar-refractivity contribution >= 4 is 40.4 Å². The van der Waals surface area contributed by atoms with Gasteiger partial charge >= 0.3 is 0 Å². The number of amides is 1. The Morgan fingerprint density at radius 3 is 2.62 bits per heavy atom. The maximum atomic E-state index is 13.1. The molecule has 216 valence electrons. The Bertz CT molecular complexity index is 1270. The number of nitrogens with zero attached hydrogens (tertiary/aromatic N) is 3. The monoisotopic (exact) mass is 569 g/mol. The highest BCUT2D eigenvalue weighted by Crippen LogP contribution is 2.35. The molecule has 0 saturated carbocycles. The van der Waals surface area contributed by atoms with E-state index in [0.717, 1.165) is 61.4 Å². The van der Waals surface area contributed by atoms with E-state index in [2.05, 4.69) is 39.7 Å². The zero-order valence-corrected chi connectivity index (χ0v) is 24.7. The molecule has 2 heterocycles. The molecule has 0 bridgehead atoms. The van der Waals surface area contributed by atoms with Crippen LogP contribution in [-0.2, 0) is 11.2 Å². The Hall–Kier alpha value is -3.21. The number of nitrogens with one attached hydrogen (secondary N) is 4. The first-order chi connectivity index (χ1) is 19.2. The summed E-state index contributed by atoms with van der Waals surface area (Å²) in [5, 5.41) is 18.5. The summed E-state index contributed by atoms with van der Waals surface area (Å²) in [6, 6.07) is 3.40. The fourth-order valence-corrected chi connectivity index (χ4v) is 5.53. The highest BCUT2D eigenvalue weighted by Gasteiger charge is 2.26. The smallest absolute Gasteiger partial charge is 0.253 e. The third-order valence-electron chi connectivity index (χ3n) is 7.48. The van der Waals surface area contributed by atoms with E-state index in [4.69, 9.17) is 31.5 Å². The Morgan fingerprint density at radius 2 is 1.98 bits per heavy atom. The second kappa shape index (κ2) is 13.4. The van der Waals surface area contributed by atoms with Crippen molar-refractivity contribution in [3.05, 3.63) is 45.9 Å². The minimum absolute atomic E-state index is 0.0874. The van der Waals surface area contributed by atoms with Crippen LogP contribution in [0.5, 0.6) is 5.75 Å². The van der Waals surface area contributed by atoms with Gasteiger partial charge in [0, 0.05) is 63.0 Å². The number of ether oxygens (including phenoxy) is 2. The molecule has 11 heteroatoms. The van der Waals surface area contributed by atoms with Crippen LogP contribution in [0.15, 0.2) is 24.0 Å². The molecule has 0 radical (unpaired) electrons. The minimum Gasteiger partial charge on any atom is -0.495 e. The largest absolute Gasteiger partial charge is 0.495 e. The van der Waals surface area contributed by atoms with Crippen LogP contribution in [0, 0.1) is 11.3 Å². The average molecular weight is 570 g/mol. The highest BCUT2D eigenvalue weighted by molar-refractivity contribution is 6.34. The van der Waals surface area contributed by atoms with Crippen LogP contribution in [0.1, 0.15) is 54.7 Å². The molecule has 0 unspecified atom stereocenters. The molecule has 1 aliphatic heterocycles. The van der Waals surface area contributed by atoms with Crippen LogP contribution in [0.4, 0.5) is 11.6 Å². The van der Waals surface area contributed by atoms with Gasteiger partial charge in [-0.15, -0.1) is 0 Å². The van der Waals surface area contributed by atoms with Crippen molar-refractivity contribution in [3.63, 3.8) is 0 Å². The molecule has 1 aromatic heterocycles. The summed E-state index contributed by atoms with van der Waals surface area (Å²) in [6.07, 6.45) is 4.93. The Kier molecular flexibility index (Phi) is 9.99. The Balaban J connectivity index is 1.53. The quantitative estimate of drug-likeness (QED) is 0.334. The number of carbonyl (C=O) groups is 1. The maximum absolute atomic E-state index is 13.1. The van der Waals surface area contributed by atoms with Crippen LogP contribution >= 0.6 is 11.6 Å². The molecule has 0 spiro atoms. The molecule has 1 fully saturated rings. The fraction of sp³-hybridized carbons (Fsp3) is 0.517. The SMILES string of the molecule is CN/C(=C1\C(=N)CCc2cnc(Nc3cc(Cl)c(C(=O)NC4CCN(CCOC)CC4)cc3OC)nc21)C(C)C. The second-order valence-corrected chi connectivity index (χ2v) is 10.9. The van der Waals surface area contributed by atoms with E-state index in [1.165, 1.54) is 0 Å². The zero-order chi connectivity index (χ0) is 28.8. The van der Waals surface area contributed by atoms with Gasteiger partial charge in [-0.25, -0.2) is 9.97 Å². The summed E-state index contributed by atoms with van der Waals surface area (Å²) in [4.78, 5) is 24.8. The van der Waals surface area contributed by atoms with Gasteiger partial charge in [-0.1, -0.05) is 25.4 Å². The lowest BCUT2D eigenvalue weighted by atomic mass is 9.87. The van der Waals surface area contributed by atoms with Crippen molar-refractivity contribution in [2.45, 2.75) is 45.6 Å². The first-order valence-corrected chi connectivity index (χ1v) is 14.2. The second-order valence-electron chi connectivity index (χ2n) is 10.5. The van der Waals surface area contributed by atoms with E-state index < -0.39 is 0 Å².